The number of aromatic nitrogens is 2. The van der Waals surface area contributed by atoms with Crippen LogP contribution in [-0.4, -0.2) is 46.9 Å². The molecule has 3 rings (SSSR count). The zero-order chi connectivity index (χ0) is 16.3. The molecular weight excluding hydrogens is 305 g/mol. The summed E-state index contributed by atoms with van der Waals surface area (Å²) in [7, 11) is 0. The minimum Gasteiger partial charge on any atom is -0.382 e. The van der Waals surface area contributed by atoms with Crippen LogP contribution in [0.5, 0.6) is 0 Å². The Morgan fingerprint density at radius 1 is 1.26 bits per heavy atom. The van der Waals surface area contributed by atoms with Crippen LogP contribution < -0.4 is 5.32 Å². The highest BCUT2D eigenvalue weighted by Crippen LogP contribution is 2.23. The van der Waals surface area contributed by atoms with E-state index in [-0.39, 0.29) is 6.42 Å². The molecule has 0 atom stereocenters. The molecule has 1 aromatic heterocycles. The standard InChI is InChI=1S/C16H21F3N4/c17-16(18,19)6-1-7-23-8-4-13(5-9-23)21-14-2-3-15-12(10-14)11-20-22-15/h2-3,10-11,13,21H,1,4-9H2,(H,20,22). The monoisotopic (exact) mass is 326 g/mol. The van der Waals surface area contributed by atoms with Crippen LogP contribution in [0.1, 0.15) is 25.7 Å². The molecule has 23 heavy (non-hydrogen) atoms. The van der Waals surface area contributed by atoms with E-state index in [9.17, 15) is 13.2 Å². The zero-order valence-electron chi connectivity index (χ0n) is 12.9. The van der Waals surface area contributed by atoms with E-state index >= 15 is 0 Å². The number of hydrogen-bond acceptors (Lipinski definition) is 3. The van der Waals surface area contributed by atoms with Crippen molar-refractivity contribution in [3.8, 4) is 0 Å². The maximum atomic E-state index is 12.2. The molecule has 7 heteroatoms. The fraction of sp³-hybridized carbons (Fsp3) is 0.562. The van der Waals surface area contributed by atoms with E-state index < -0.39 is 12.6 Å². The molecule has 1 aromatic carbocycles. The lowest BCUT2D eigenvalue weighted by atomic mass is 10.0. The first kappa shape index (κ1) is 16.1. The predicted molar refractivity (Wildman–Crippen MR) is 84.5 cm³/mol. The summed E-state index contributed by atoms with van der Waals surface area (Å²) in [5.41, 5.74) is 2.07. The summed E-state index contributed by atoms with van der Waals surface area (Å²) in [5.74, 6) is 0. The molecular formula is C16H21F3N4. The van der Waals surface area contributed by atoms with E-state index in [2.05, 4.69) is 26.5 Å². The van der Waals surface area contributed by atoms with Gasteiger partial charge in [0, 0.05) is 36.6 Å². The molecule has 0 spiro atoms. The van der Waals surface area contributed by atoms with Gasteiger partial charge in [-0.25, -0.2) is 0 Å². The molecule has 2 N–H and O–H groups in total. The highest BCUT2D eigenvalue weighted by Gasteiger charge is 2.27. The highest BCUT2D eigenvalue weighted by atomic mass is 19.4. The van der Waals surface area contributed by atoms with Gasteiger partial charge in [0.2, 0.25) is 0 Å². The second kappa shape index (κ2) is 6.78. The lowest BCUT2D eigenvalue weighted by molar-refractivity contribution is -0.136. The number of alkyl halides is 3. The second-order valence-electron chi connectivity index (χ2n) is 6.15. The molecule has 0 saturated carbocycles. The summed E-state index contributed by atoms with van der Waals surface area (Å²) in [6.07, 6.45) is -0.825. The summed E-state index contributed by atoms with van der Waals surface area (Å²) < 4.78 is 36.5. The fourth-order valence-corrected chi connectivity index (χ4v) is 3.07. The van der Waals surface area contributed by atoms with Gasteiger partial charge in [0.25, 0.3) is 0 Å². The minimum absolute atomic E-state index is 0.193. The van der Waals surface area contributed by atoms with Crippen molar-refractivity contribution < 1.29 is 13.2 Å². The number of benzene rings is 1. The van der Waals surface area contributed by atoms with E-state index in [1.54, 1.807) is 6.20 Å². The van der Waals surface area contributed by atoms with Gasteiger partial charge in [0.05, 0.1) is 11.7 Å². The topological polar surface area (TPSA) is 44.0 Å². The van der Waals surface area contributed by atoms with E-state index in [0.29, 0.717) is 12.6 Å². The van der Waals surface area contributed by atoms with Gasteiger partial charge in [-0.1, -0.05) is 0 Å². The number of nitrogens with zero attached hydrogens (tertiary/aromatic N) is 2. The number of piperidine rings is 1. The molecule has 0 unspecified atom stereocenters. The third kappa shape index (κ3) is 4.60. The molecule has 1 fully saturated rings. The zero-order valence-corrected chi connectivity index (χ0v) is 12.9. The maximum Gasteiger partial charge on any atom is 0.389 e. The van der Waals surface area contributed by atoms with Crippen molar-refractivity contribution in [1.82, 2.24) is 15.1 Å². The Morgan fingerprint density at radius 3 is 2.78 bits per heavy atom. The Kier molecular flexibility index (Phi) is 4.75. The molecule has 0 amide bonds. The normalized spacial score (nSPS) is 17.7. The number of hydrogen-bond donors (Lipinski definition) is 2. The molecule has 1 aliphatic heterocycles. The molecule has 0 radical (unpaired) electrons. The highest BCUT2D eigenvalue weighted by molar-refractivity contribution is 5.81. The van der Waals surface area contributed by atoms with Crippen LogP contribution in [0.3, 0.4) is 0 Å². The van der Waals surface area contributed by atoms with E-state index in [1.165, 1.54) is 0 Å². The number of likely N-dealkylation sites (tertiary alicyclic amines) is 1. The predicted octanol–water partition coefficient (Wildman–Crippen LogP) is 3.78. The Morgan fingerprint density at radius 2 is 2.04 bits per heavy atom. The molecule has 2 aromatic rings. The molecule has 4 nitrogen and oxygen atoms in total. The Hall–Kier alpha value is -1.76. The quantitative estimate of drug-likeness (QED) is 0.879. The largest absolute Gasteiger partial charge is 0.389 e. The first-order valence-corrected chi connectivity index (χ1v) is 7.98. The third-order valence-electron chi connectivity index (χ3n) is 4.33. The number of rotatable bonds is 5. The van der Waals surface area contributed by atoms with Crippen LogP contribution in [0.2, 0.25) is 0 Å². The summed E-state index contributed by atoms with van der Waals surface area (Å²) >= 11 is 0. The number of anilines is 1. The van der Waals surface area contributed by atoms with E-state index in [1.807, 2.05) is 12.1 Å². The van der Waals surface area contributed by atoms with Crippen molar-refractivity contribution in [2.24, 2.45) is 0 Å². The van der Waals surface area contributed by atoms with Crippen LogP contribution in [-0.2, 0) is 0 Å². The van der Waals surface area contributed by atoms with E-state index in [0.717, 1.165) is 42.5 Å². The number of nitrogens with one attached hydrogen (secondary N) is 2. The lowest BCUT2D eigenvalue weighted by Crippen LogP contribution is -2.39. The Labute approximate surface area is 133 Å². The van der Waals surface area contributed by atoms with Crippen molar-refractivity contribution in [2.45, 2.75) is 37.9 Å². The van der Waals surface area contributed by atoms with Crippen molar-refractivity contribution >= 4 is 16.6 Å². The van der Waals surface area contributed by atoms with Crippen molar-refractivity contribution in [1.29, 1.82) is 0 Å². The maximum absolute atomic E-state index is 12.2. The molecule has 1 aliphatic rings. The van der Waals surface area contributed by atoms with Crippen LogP contribution in [0, 0.1) is 0 Å². The molecule has 0 bridgehead atoms. The van der Waals surface area contributed by atoms with Crippen LogP contribution >= 0.6 is 0 Å². The van der Waals surface area contributed by atoms with Crippen LogP contribution in [0.25, 0.3) is 10.9 Å². The van der Waals surface area contributed by atoms with Gasteiger partial charge >= 0.3 is 6.18 Å². The van der Waals surface area contributed by atoms with Crippen molar-refractivity contribution in [3.05, 3.63) is 24.4 Å². The number of aromatic amines is 1. The van der Waals surface area contributed by atoms with Crippen molar-refractivity contribution in [3.63, 3.8) is 0 Å². The summed E-state index contributed by atoms with van der Waals surface area (Å²) in [4.78, 5) is 2.13. The van der Waals surface area contributed by atoms with Gasteiger partial charge in [0.1, 0.15) is 0 Å². The van der Waals surface area contributed by atoms with Crippen LogP contribution in [0.15, 0.2) is 24.4 Å². The summed E-state index contributed by atoms with van der Waals surface area (Å²) in [6.45, 7) is 2.24. The van der Waals surface area contributed by atoms with Gasteiger partial charge in [-0.05, 0) is 44.0 Å². The first-order chi connectivity index (χ1) is 11.0. The van der Waals surface area contributed by atoms with Gasteiger partial charge in [-0.15, -0.1) is 0 Å². The van der Waals surface area contributed by atoms with Crippen LogP contribution in [0.4, 0.5) is 18.9 Å². The fourth-order valence-electron chi connectivity index (χ4n) is 3.07. The van der Waals surface area contributed by atoms with Gasteiger partial charge in [0.15, 0.2) is 0 Å². The summed E-state index contributed by atoms with van der Waals surface area (Å²) in [6, 6.07) is 6.46. The Balaban J connectivity index is 1.43. The lowest BCUT2D eigenvalue weighted by Gasteiger charge is -2.33. The smallest absolute Gasteiger partial charge is 0.382 e. The third-order valence-corrected chi connectivity index (χ3v) is 4.33. The molecule has 126 valence electrons. The number of halogens is 3. The molecule has 2 heterocycles. The molecule has 0 aliphatic carbocycles. The first-order valence-electron chi connectivity index (χ1n) is 7.98. The second-order valence-corrected chi connectivity index (χ2v) is 6.15. The van der Waals surface area contributed by atoms with E-state index in [4.69, 9.17) is 0 Å². The van der Waals surface area contributed by atoms with Gasteiger partial charge in [-0.3, -0.25) is 5.10 Å². The van der Waals surface area contributed by atoms with Gasteiger partial charge in [-0.2, -0.15) is 18.3 Å². The average molecular weight is 326 g/mol. The SMILES string of the molecule is FC(F)(F)CCCN1CCC(Nc2ccc3[nH]ncc3c2)CC1. The minimum atomic E-state index is -4.04. The summed E-state index contributed by atoms with van der Waals surface area (Å²) in [5, 5.41) is 11.5. The number of fused-ring (bicyclic) bond motifs is 1. The Bertz CT molecular complexity index is 630. The average Bonchev–Trinajstić information content (AvgIpc) is 2.95. The molecule has 1 saturated heterocycles. The number of H-pyrrole nitrogens is 1. The van der Waals surface area contributed by atoms with Crippen molar-refractivity contribution in [2.75, 3.05) is 25.0 Å². The van der Waals surface area contributed by atoms with Gasteiger partial charge < -0.3 is 10.2 Å².